The van der Waals surface area contributed by atoms with E-state index in [2.05, 4.69) is 30.4 Å². The number of rotatable bonds is 0. The third-order valence-corrected chi connectivity index (χ3v) is 3.72. The SMILES string of the molecule is Cc1ccc2c(c1)CCNCC21CC1. The zero-order valence-corrected chi connectivity index (χ0v) is 8.77. The highest BCUT2D eigenvalue weighted by Crippen LogP contribution is 2.49. The molecule has 0 atom stereocenters. The van der Waals surface area contributed by atoms with Gasteiger partial charge in [-0.3, -0.25) is 0 Å². The Hall–Kier alpha value is -0.820. The molecule has 1 aliphatic carbocycles. The third-order valence-electron chi connectivity index (χ3n) is 3.72. The van der Waals surface area contributed by atoms with Crippen LogP contribution in [-0.2, 0) is 11.8 Å². The van der Waals surface area contributed by atoms with Crippen molar-refractivity contribution in [1.29, 1.82) is 0 Å². The maximum atomic E-state index is 3.57. The van der Waals surface area contributed by atoms with Gasteiger partial charge in [0.25, 0.3) is 0 Å². The molecule has 1 heteroatoms. The van der Waals surface area contributed by atoms with Crippen LogP contribution in [0.3, 0.4) is 0 Å². The van der Waals surface area contributed by atoms with Crippen molar-refractivity contribution in [3.63, 3.8) is 0 Å². The molecular weight excluding hydrogens is 170 g/mol. The number of hydrogen-bond acceptors (Lipinski definition) is 1. The molecule has 2 aliphatic rings. The van der Waals surface area contributed by atoms with Crippen LogP contribution in [0.25, 0.3) is 0 Å². The average molecular weight is 187 g/mol. The van der Waals surface area contributed by atoms with Gasteiger partial charge in [-0.2, -0.15) is 0 Å². The lowest BCUT2D eigenvalue weighted by Gasteiger charge is -2.15. The van der Waals surface area contributed by atoms with Crippen LogP contribution in [0.5, 0.6) is 0 Å². The molecule has 0 aromatic heterocycles. The highest BCUT2D eigenvalue weighted by Gasteiger charge is 2.45. The average Bonchev–Trinajstić information content (AvgIpc) is 2.95. The molecule has 0 radical (unpaired) electrons. The van der Waals surface area contributed by atoms with Crippen molar-refractivity contribution < 1.29 is 0 Å². The molecule has 1 aromatic rings. The fraction of sp³-hybridized carbons (Fsp3) is 0.538. The van der Waals surface area contributed by atoms with Gasteiger partial charge in [0.1, 0.15) is 0 Å². The zero-order chi connectivity index (χ0) is 9.60. The Morgan fingerprint density at radius 3 is 2.93 bits per heavy atom. The van der Waals surface area contributed by atoms with Crippen LogP contribution < -0.4 is 5.32 Å². The zero-order valence-electron chi connectivity index (χ0n) is 8.77. The van der Waals surface area contributed by atoms with E-state index < -0.39 is 0 Å². The first-order valence-electron chi connectivity index (χ1n) is 5.61. The number of fused-ring (bicyclic) bond motifs is 2. The quantitative estimate of drug-likeness (QED) is 0.656. The van der Waals surface area contributed by atoms with E-state index in [1.165, 1.54) is 31.4 Å². The number of hydrogen-bond donors (Lipinski definition) is 1. The van der Waals surface area contributed by atoms with Crippen molar-refractivity contribution in [3.05, 3.63) is 34.9 Å². The summed E-state index contributed by atoms with van der Waals surface area (Å²) in [4.78, 5) is 0. The largest absolute Gasteiger partial charge is 0.316 e. The maximum Gasteiger partial charge on any atom is 0.00811 e. The van der Waals surface area contributed by atoms with Crippen LogP contribution in [0.4, 0.5) is 0 Å². The molecule has 1 nitrogen and oxygen atoms in total. The van der Waals surface area contributed by atoms with E-state index in [0.717, 1.165) is 6.54 Å². The molecule has 0 bridgehead atoms. The van der Waals surface area contributed by atoms with Crippen LogP contribution >= 0.6 is 0 Å². The summed E-state index contributed by atoms with van der Waals surface area (Å²) >= 11 is 0. The van der Waals surface area contributed by atoms with Gasteiger partial charge in [0, 0.05) is 12.0 Å². The topological polar surface area (TPSA) is 12.0 Å². The van der Waals surface area contributed by atoms with Crippen molar-refractivity contribution in [2.24, 2.45) is 0 Å². The van der Waals surface area contributed by atoms with Crippen molar-refractivity contribution in [2.75, 3.05) is 13.1 Å². The first-order chi connectivity index (χ1) is 6.80. The second kappa shape index (κ2) is 2.83. The Labute approximate surface area is 85.5 Å². The minimum absolute atomic E-state index is 0.527. The van der Waals surface area contributed by atoms with Gasteiger partial charge in [-0.05, 0) is 43.9 Å². The smallest absolute Gasteiger partial charge is 0.00811 e. The summed E-state index contributed by atoms with van der Waals surface area (Å²) in [7, 11) is 0. The molecule has 0 saturated heterocycles. The molecule has 74 valence electrons. The fourth-order valence-corrected chi connectivity index (χ4v) is 2.69. The van der Waals surface area contributed by atoms with Crippen LogP contribution in [-0.4, -0.2) is 13.1 Å². The molecule has 1 spiro atoms. The Balaban J connectivity index is 2.11. The number of nitrogens with one attached hydrogen (secondary N) is 1. The van der Waals surface area contributed by atoms with E-state index in [9.17, 15) is 0 Å². The highest BCUT2D eigenvalue weighted by molar-refractivity contribution is 5.42. The summed E-state index contributed by atoms with van der Waals surface area (Å²) in [5.41, 5.74) is 5.15. The standard InChI is InChI=1S/C13H17N/c1-10-2-3-12-11(8-10)4-7-14-9-13(12)5-6-13/h2-3,8,14H,4-7,9H2,1H3. The number of aryl methyl sites for hydroxylation is 1. The van der Waals surface area contributed by atoms with Gasteiger partial charge >= 0.3 is 0 Å². The lowest BCUT2D eigenvalue weighted by Crippen LogP contribution is -2.24. The van der Waals surface area contributed by atoms with Crippen molar-refractivity contribution >= 4 is 0 Å². The van der Waals surface area contributed by atoms with E-state index >= 15 is 0 Å². The number of benzene rings is 1. The summed E-state index contributed by atoms with van der Waals surface area (Å²) in [6.45, 7) is 4.54. The van der Waals surface area contributed by atoms with Gasteiger partial charge in [-0.15, -0.1) is 0 Å². The lowest BCUT2D eigenvalue weighted by molar-refractivity contribution is 0.603. The predicted octanol–water partition coefficient (Wildman–Crippen LogP) is 2.17. The van der Waals surface area contributed by atoms with Crippen molar-refractivity contribution in [3.8, 4) is 0 Å². The molecule has 0 amide bonds. The maximum absolute atomic E-state index is 3.57. The van der Waals surface area contributed by atoms with Gasteiger partial charge < -0.3 is 5.32 Å². The van der Waals surface area contributed by atoms with Crippen LogP contribution in [0.15, 0.2) is 18.2 Å². The normalized spacial score (nSPS) is 22.9. The molecule has 1 saturated carbocycles. The van der Waals surface area contributed by atoms with E-state index in [1.54, 1.807) is 11.1 Å². The van der Waals surface area contributed by atoms with Crippen LogP contribution in [0.2, 0.25) is 0 Å². The molecule has 1 aliphatic heterocycles. The molecule has 1 N–H and O–H groups in total. The monoisotopic (exact) mass is 187 g/mol. The minimum atomic E-state index is 0.527. The molecule has 3 rings (SSSR count). The second-order valence-electron chi connectivity index (χ2n) is 4.87. The molecule has 0 unspecified atom stereocenters. The van der Waals surface area contributed by atoms with Gasteiger partial charge in [-0.25, -0.2) is 0 Å². The van der Waals surface area contributed by atoms with Gasteiger partial charge in [-0.1, -0.05) is 23.8 Å². The summed E-state index contributed by atoms with van der Waals surface area (Å²) in [6.07, 6.45) is 3.98. The Morgan fingerprint density at radius 2 is 2.14 bits per heavy atom. The third kappa shape index (κ3) is 1.19. The fourth-order valence-electron chi connectivity index (χ4n) is 2.69. The van der Waals surface area contributed by atoms with Crippen LogP contribution in [0.1, 0.15) is 29.5 Å². The second-order valence-corrected chi connectivity index (χ2v) is 4.87. The Morgan fingerprint density at radius 1 is 1.29 bits per heavy atom. The summed E-state index contributed by atoms with van der Waals surface area (Å²) in [6, 6.07) is 7.01. The molecular formula is C13H17N. The predicted molar refractivity (Wildman–Crippen MR) is 58.7 cm³/mol. The van der Waals surface area contributed by atoms with E-state index in [1.807, 2.05) is 0 Å². The van der Waals surface area contributed by atoms with E-state index in [-0.39, 0.29) is 0 Å². The molecule has 1 fully saturated rings. The highest BCUT2D eigenvalue weighted by atomic mass is 14.9. The Kier molecular flexibility index (Phi) is 1.72. The first-order valence-corrected chi connectivity index (χ1v) is 5.61. The summed E-state index contributed by atoms with van der Waals surface area (Å²) < 4.78 is 0. The minimum Gasteiger partial charge on any atom is -0.316 e. The Bertz CT molecular complexity index is 363. The van der Waals surface area contributed by atoms with Crippen molar-refractivity contribution in [2.45, 2.75) is 31.6 Å². The molecule has 1 aromatic carbocycles. The van der Waals surface area contributed by atoms with Gasteiger partial charge in [0.2, 0.25) is 0 Å². The molecule has 1 heterocycles. The van der Waals surface area contributed by atoms with Crippen LogP contribution in [0, 0.1) is 6.92 Å². The summed E-state index contributed by atoms with van der Waals surface area (Å²) in [5.74, 6) is 0. The van der Waals surface area contributed by atoms with E-state index in [0.29, 0.717) is 5.41 Å². The first kappa shape index (κ1) is 8.49. The van der Waals surface area contributed by atoms with E-state index in [4.69, 9.17) is 0 Å². The van der Waals surface area contributed by atoms with Crippen molar-refractivity contribution in [1.82, 2.24) is 5.32 Å². The van der Waals surface area contributed by atoms with Gasteiger partial charge in [0.05, 0.1) is 0 Å². The summed E-state index contributed by atoms with van der Waals surface area (Å²) in [5, 5.41) is 3.57. The lowest BCUT2D eigenvalue weighted by atomic mass is 9.90. The molecule has 14 heavy (non-hydrogen) atoms. The van der Waals surface area contributed by atoms with Gasteiger partial charge in [0.15, 0.2) is 0 Å².